The number of hydrogen-bond acceptors (Lipinski definition) is 4. The molecule has 0 fully saturated rings. The van der Waals surface area contributed by atoms with Crippen molar-refractivity contribution in [1.82, 2.24) is 9.99 Å². The predicted molar refractivity (Wildman–Crippen MR) is 143 cm³/mol. The lowest BCUT2D eigenvalue weighted by Crippen LogP contribution is -2.26. The average Bonchev–Trinajstić information content (AvgIpc) is 3.59. The molecule has 3 aromatic carbocycles. The largest absolute Gasteiger partial charge is 0.467 e. The van der Waals surface area contributed by atoms with Crippen molar-refractivity contribution in [1.29, 1.82) is 0 Å². The summed E-state index contributed by atoms with van der Waals surface area (Å²) in [4.78, 5) is 30.1. The second-order valence-electron chi connectivity index (χ2n) is 8.56. The number of aromatic amines is 1. The van der Waals surface area contributed by atoms with Crippen molar-refractivity contribution in [3.63, 3.8) is 0 Å². The highest BCUT2D eigenvalue weighted by Gasteiger charge is 2.37. The van der Waals surface area contributed by atoms with Crippen LogP contribution in [0, 0.1) is 0 Å². The number of hydrazone groups is 1. The number of halogens is 1. The van der Waals surface area contributed by atoms with Crippen LogP contribution in [0.25, 0.3) is 22.0 Å². The molecule has 7 heteroatoms. The van der Waals surface area contributed by atoms with E-state index >= 15 is 0 Å². The zero-order chi connectivity index (χ0) is 24.6. The van der Waals surface area contributed by atoms with Gasteiger partial charge in [-0.1, -0.05) is 64.5 Å². The SMILES string of the molecule is O=C(c1ccccc1)N1N=C(c2c(-c3ccccc3)c3cc(Br)ccc3[nH]c2=O)C[C@@H]1c1ccco1. The Balaban J connectivity index is 1.58. The van der Waals surface area contributed by atoms with Crippen LogP contribution in [-0.2, 0) is 0 Å². The Kier molecular flexibility index (Phi) is 5.62. The molecular formula is C29H20BrN3O3. The predicted octanol–water partition coefficient (Wildman–Crippen LogP) is 6.54. The zero-order valence-electron chi connectivity index (χ0n) is 19.0. The minimum atomic E-state index is -0.469. The molecule has 0 saturated carbocycles. The van der Waals surface area contributed by atoms with Gasteiger partial charge < -0.3 is 9.40 Å². The Morgan fingerprint density at radius 1 is 0.944 bits per heavy atom. The van der Waals surface area contributed by atoms with Gasteiger partial charge in [-0.05, 0) is 48.0 Å². The summed E-state index contributed by atoms with van der Waals surface area (Å²) < 4.78 is 6.59. The van der Waals surface area contributed by atoms with Gasteiger partial charge in [0.2, 0.25) is 0 Å². The van der Waals surface area contributed by atoms with Crippen LogP contribution in [0.4, 0.5) is 0 Å². The van der Waals surface area contributed by atoms with Gasteiger partial charge >= 0.3 is 0 Å². The van der Waals surface area contributed by atoms with Crippen LogP contribution in [0.1, 0.15) is 34.1 Å². The van der Waals surface area contributed by atoms with Crippen LogP contribution in [0.3, 0.4) is 0 Å². The van der Waals surface area contributed by atoms with E-state index in [0.717, 1.165) is 26.5 Å². The first kappa shape index (κ1) is 22.2. The van der Waals surface area contributed by atoms with Gasteiger partial charge in [0.15, 0.2) is 0 Å². The molecule has 36 heavy (non-hydrogen) atoms. The van der Waals surface area contributed by atoms with Gasteiger partial charge in [-0.15, -0.1) is 0 Å². The third kappa shape index (κ3) is 3.87. The number of carbonyl (C=O) groups excluding carboxylic acids is 1. The van der Waals surface area contributed by atoms with Crippen molar-refractivity contribution >= 4 is 38.5 Å². The molecule has 0 bridgehead atoms. The lowest BCUT2D eigenvalue weighted by molar-refractivity contribution is 0.0693. The number of benzene rings is 3. The van der Waals surface area contributed by atoms with Crippen molar-refractivity contribution in [3.8, 4) is 11.1 Å². The van der Waals surface area contributed by atoms with E-state index in [1.54, 1.807) is 24.5 Å². The summed E-state index contributed by atoms with van der Waals surface area (Å²) in [6.07, 6.45) is 1.92. The second-order valence-corrected chi connectivity index (χ2v) is 9.47. The number of aromatic nitrogens is 1. The number of amides is 1. The number of pyridine rings is 1. The summed E-state index contributed by atoms with van der Waals surface area (Å²) in [5, 5.41) is 7.07. The van der Waals surface area contributed by atoms with Gasteiger partial charge in [0, 0.05) is 32.9 Å². The molecule has 0 spiro atoms. The molecule has 1 N–H and O–H groups in total. The van der Waals surface area contributed by atoms with Crippen LogP contribution < -0.4 is 5.56 Å². The summed E-state index contributed by atoms with van der Waals surface area (Å²) in [5.74, 6) is 0.354. The van der Waals surface area contributed by atoms with Gasteiger partial charge in [-0.25, -0.2) is 5.01 Å². The molecule has 0 unspecified atom stereocenters. The fourth-order valence-electron chi connectivity index (χ4n) is 4.71. The third-order valence-electron chi connectivity index (χ3n) is 6.34. The molecule has 6 nitrogen and oxygen atoms in total. The molecule has 3 heterocycles. The minimum Gasteiger partial charge on any atom is -0.467 e. The second kappa shape index (κ2) is 9.09. The molecule has 1 aliphatic rings. The van der Waals surface area contributed by atoms with Crippen molar-refractivity contribution in [2.24, 2.45) is 5.10 Å². The Morgan fingerprint density at radius 3 is 2.42 bits per heavy atom. The summed E-state index contributed by atoms with van der Waals surface area (Å²) >= 11 is 3.57. The number of nitrogens with zero attached hydrogens (tertiary/aromatic N) is 2. The molecule has 1 atom stereocenters. The maximum atomic E-state index is 13.6. The molecule has 1 amide bonds. The molecule has 5 aromatic rings. The van der Waals surface area contributed by atoms with Gasteiger partial charge in [0.1, 0.15) is 11.8 Å². The highest BCUT2D eigenvalue weighted by atomic mass is 79.9. The Hall–Kier alpha value is -4.23. The summed E-state index contributed by atoms with van der Waals surface area (Å²) in [6, 6.07) is 27.7. The van der Waals surface area contributed by atoms with E-state index in [1.165, 1.54) is 5.01 Å². The van der Waals surface area contributed by atoms with E-state index in [0.29, 0.717) is 29.0 Å². The molecule has 0 aliphatic carbocycles. The standard InChI is InChI=1S/C29H20BrN3O3/c30-20-13-14-22-21(16-20)26(18-8-3-1-4-9-18)27(28(34)31-22)23-17-24(25-12-7-15-36-25)33(32-23)29(35)19-10-5-2-6-11-19/h1-16,24H,17H2,(H,31,34)/t24-/m1/s1. The number of nitrogens with one attached hydrogen (secondary N) is 1. The minimum absolute atomic E-state index is 0.255. The van der Waals surface area contributed by atoms with Crippen LogP contribution >= 0.6 is 15.9 Å². The van der Waals surface area contributed by atoms with Gasteiger partial charge in [-0.2, -0.15) is 5.10 Å². The number of hydrogen-bond donors (Lipinski definition) is 1. The van der Waals surface area contributed by atoms with Crippen molar-refractivity contribution in [2.45, 2.75) is 12.5 Å². The smallest absolute Gasteiger partial charge is 0.274 e. The van der Waals surface area contributed by atoms with Gasteiger partial charge in [0.05, 0.1) is 17.5 Å². The molecule has 2 aromatic heterocycles. The Morgan fingerprint density at radius 2 is 1.69 bits per heavy atom. The number of rotatable bonds is 4. The first-order valence-corrected chi connectivity index (χ1v) is 12.3. The summed E-state index contributed by atoms with van der Waals surface area (Å²) in [7, 11) is 0. The van der Waals surface area contributed by atoms with Crippen LogP contribution in [0.5, 0.6) is 0 Å². The maximum Gasteiger partial charge on any atom is 0.274 e. The molecule has 0 saturated heterocycles. The number of H-pyrrole nitrogens is 1. The Labute approximate surface area is 215 Å². The van der Waals surface area contributed by atoms with Crippen molar-refractivity contribution in [2.75, 3.05) is 0 Å². The normalized spacial score (nSPS) is 15.3. The quantitative estimate of drug-likeness (QED) is 0.282. The van der Waals surface area contributed by atoms with E-state index in [4.69, 9.17) is 9.52 Å². The third-order valence-corrected chi connectivity index (χ3v) is 6.83. The molecule has 0 radical (unpaired) electrons. The number of furan rings is 1. The summed E-state index contributed by atoms with van der Waals surface area (Å²) in [6.45, 7) is 0. The van der Waals surface area contributed by atoms with E-state index in [2.05, 4.69) is 20.9 Å². The lowest BCUT2D eigenvalue weighted by atomic mass is 9.92. The monoisotopic (exact) mass is 537 g/mol. The zero-order valence-corrected chi connectivity index (χ0v) is 20.6. The number of fused-ring (bicyclic) bond motifs is 1. The average molecular weight is 538 g/mol. The fraction of sp³-hybridized carbons (Fsp3) is 0.0690. The van der Waals surface area contributed by atoms with Crippen LogP contribution in [0.2, 0.25) is 0 Å². The van der Waals surface area contributed by atoms with Crippen molar-refractivity contribution in [3.05, 3.63) is 129 Å². The Bertz CT molecular complexity index is 1660. The fourth-order valence-corrected chi connectivity index (χ4v) is 5.07. The van der Waals surface area contributed by atoms with E-state index in [-0.39, 0.29) is 11.5 Å². The van der Waals surface area contributed by atoms with Gasteiger partial charge in [-0.3, -0.25) is 9.59 Å². The van der Waals surface area contributed by atoms with Crippen LogP contribution in [-0.4, -0.2) is 21.6 Å². The molecule has 1 aliphatic heterocycles. The summed E-state index contributed by atoms with van der Waals surface area (Å²) in [5.41, 5.74) is 3.64. The van der Waals surface area contributed by atoms with E-state index < -0.39 is 6.04 Å². The highest BCUT2D eigenvalue weighted by molar-refractivity contribution is 9.10. The lowest BCUT2D eigenvalue weighted by Gasteiger charge is -2.19. The first-order valence-electron chi connectivity index (χ1n) is 11.5. The van der Waals surface area contributed by atoms with E-state index in [1.807, 2.05) is 72.8 Å². The van der Waals surface area contributed by atoms with Crippen LogP contribution in [0.15, 0.2) is 116 Å². The molecule has 176 valence electrons. The van der Waals surface area contributed by atoms with E-state index in [9.17, 15) is 9.59 Å². The van der Waals surface area contributed by atoms with Gasteiger partial charge in [0.25, 0.3) is 11.5 Å². The molecular weight excluding hydrogens is 518 g/mol. The number of carbonyl (C=O) groups is 1. The first-order chi connectivity index (χ1) is 17.6. The topological polar surface area (TPSA) is 78.7 Å². The maximum absolute atomic E-state index is 13.6. The highest BCUT2D eigenvalue weighted by Crippen LogP contribution is 2.38. The molecule has 6 rings (SSSR count). The van der Waals surface area contributed by atoms with Crippen molar-refractivity contribution < 1.29 is 9.21 Å².